The van der Waals surface area contributed by atoms with Crippen molar-refractivity contribution < 1.29 is 14.6 Å². The normalized spacial score (nSPS) is 21.6. The fraction of sp³-hybridized carbons (Fsp3) is 0.350. The maximum absolute atomic E-state index is 12.1. The first kappa shape index (κ1) is 21.2. The molecule has 1 aromatic heterocycles. The van der Waals surface area contributed by atoms with Crippen LogP contribution in [0.25, 0.3) is 6.08 Å². The molecule has 0 aliphatic carbocycles. The molecule has 1 saturated heterocycles. The molecule has 0 spiro atoms. The minimum Gasteiger partial charge on any atom is -0.390 e. The topological polar surface area (TPSA) is 113 Å². The third-order valence-electron chi connectivity index (χ3n) is 4.73. The predicted octanol–water partition coefficient (Wildman–Crippen LogP) is 1.34. The lowest BCUT2D eigenvalue weighted by molar-refractivity contribution is -0.117. The monoisotopic (exact) mass is 463 g/mol. The number of aromatic nitrogens is 2. The number of rotatable bonds is 6. The van der Waals surface area contributed by atoms with Crippen molar-refractivity contribution >= 4 is 27.9 Å². The van der Waals surface area contributed by atoms with Crippen molar-refractivity contribution in [1.82, 2.24) is 14.9 Å². The van der Waals surface area contributed by atoms with E-state index in [4.69, 9.17) is 4.74 Å². The highest BCUT2D eigenvalue weighted by Crippen LogP contribution is 2.27. The highest BCUT2D eigenvalue weighted by molar-refractivity contribution is 9.10. The Hall–Kier alpha value is -2.49. The molecule has 1 aromatic carbocycles. The Balaban J connectivity index is 1.61. The Morgan fingerprint density at radius 2 is 2.17 bits per heavy atom. The van der Waals surface area contributed by atoms with E-state index in [1.807, 2.05) is 31.2 Å². The van der Waals surface area contributed by atoms with Gasteiger partial charge in [0.2, 0.25) is 5.91 Å². The van der Waals surface area contributed by atoms with Crippen LogP contribution in [-0.4, -0.2) is 39.3 Å². The standard InChI is InChI=1S/C20H22BrN3O5/c1-2-12-11-24(20(28)23-19(12)27)18-9-15(25)16(29-18)10-22-17(26)8-7-13-5-3-4-6-14(13)21/h3-8,11,15-16,18,25H,2,9-10H2,1H3,(H,22,26)(H,23,27,28)/b8-7+/t15?,16-,18-/m0/s1. The molecule has 8 nitrogen and oxygen atoms in total. The van der Waals surface area contributed by atoms with Gasteiger partial charge in [-0.3, -0.25) is 19.1 Å². The third-order valence-corrected chi connectivity index (χ3v) is 5.46. The van der Waals surface area contributed by atoms with Crippen molar-refractivity contribution in [2.24, 2.45) is 0 Å². The lowest BCUT2D eigenvalue weighted by Crippen LogP contribution is -2.37. The van der Waals surface area contributed by atoms with Gasteiger partial charge in [0.05, 0.1) is 6.10 Å². The predicted molar refractivity (Wildman–Crippen MR) is 111 cm³/mol. The first-order valence-electron chi connectivity index (χ1n) is 9.27. The maximum Gasteiger partial charge on any atom is 0.330 e. The molecule has 1 fully saturated rings. The van der Waals surface area contributed by atoms with Crippen LogP contribution < -0.4 is 16.6 Å². The first-order valence-corrected chi connectivity index (χ1v) is 10.1. The van der Waals surface area contributed by atoms with Gasteiger partial charge in [-0.05, 0) is 24.1 Å². The van der Waals surface area contributed by atoms with Crippen LogP contribution >= 0.6 is 15.9 Å². The highest BCUT2D eigenvalue weighted by Gasteiger charge is 2.35. The van der Waals surface area contributed by atoms with Crippen LogP contribution in [0.5, 0.6) is 0 Å². The van der Waals surface area contributed by atoms with Crippen molar-refractivity contribution in [2.75, 3.05) is 6.54 Å². The molecule has 1 aliphatic heterocycles. The van der Waals surface area contributed by atoms with Gasteiger partial charge < -0.3 is 15.2 Å². The van der Waals surface area contributed by atoms with Crippen LogP contribution in [0.4, 0.5) is 0 Å². The van der Waals surface area contributed by atoms with Crippen LogP contribution in [0.1, 0.15) is 30.7 Å². The number of aliphatic hydroxyl groups is 1. The zero-order valence-electron chi connectivity index (χ0n) is 15.8. The Kier molecular flexibility index (Phi) is 6.83. The van der Waals surface area contributed by atoms with Gasteiger partial charge in [0, 0.05) is 35.3 Å². The Morgan fingerprint density at radius 1 is 1.41 bits per heavy atom. The van der Waals surface area contributed by atoms with E-state index in [0.29, 0.717) is 12.0 Å². The molecule has 2 heterocycles. The molecule has 9 heteroatoms. The number of ether oxygens (including phenoxy) is 1. The number of hydrogen-bond donors (Lipinski definition) is 3. The van der Waals surface area contributed by atoms with Crippen LogP contribution in [-0.2, 0) is 16.0 Å². The van der Waals surface area contributed by atoms with Crippen molar-refractivity contribution in [1.29, 1.82) is 0 Å². The molecule has 0 radical (unpaired) electrons. The van der Waals surface area contributed by atoms with E-state index < -0.39 is 29.7 Å². The van der Waals surface area contributed by atoms with Crippen molar-refractivity contribution in [2.45, 2.75) is 38.2 Å². The van der Waals surface area contributed by atoms with Crippen LogP contribution in [0.3, 0.4) is 0 Å². The third kappa shape index (κ3) is 5.11. The molecular weight excluding hydrogens is 442 g/mol. The minimum absolute atomic E-state index is 0.0928. The molecule has 2 aromatic rings. The molecule has 1 aliphatic rings. The number of amides is 1. The van der Waals surface area contributed by atoms with E-state index in [0.717, 1.165) is 10.0 Å². The molecule has 0 saturated carbocycles. The van der Waals surface area contributed by atoms with Gasteiger partial charge in [-0.1, -0.05) is 41.1 Å². The second kappa shape index (κ2) is 9.34. The number of benzene rings is 1. The summed E-state index contributed by atoms with van der Waals surface area (Å²) >= 11 is 3.41. The van der Waals surface area contributed by atoms with E-state index >= 15 is 0 Å². The van der Waals surface area contributed by atoms with Crippen molar-refractivity contribution in [3.8, 4) is 0 Å². The molecule has 29 heavy (non-hydrogen) atoms. The number of nitrogens with one attached hydrogen (secondary N) is 2. The highest BCUT2D eigenvalue weighted by atomic mass is 79.9. The molecule has 3 rings (SSSR count). The molecule has 1 amide bonds. The molecule has 0 bridgehead atoms. The summed E-state index contributed by atoms with van der Waals surface area (Å²) in [6, 6.07) is 7.50. The van der Waals surface area contributed by atoms with E-state index in [1.54, 1.807) is 6.08 Å². The summed E-state index contributed by atoms with van der Waals surface area (Å²) in [5.41, 5.74) is 0.305. The molecule has 3 N–H and O–H groups in total. The summed E-state index contributed by atoms with van der Waals surface area (Å²) in [4.78, 5) is 38.1. The smallest absolute Gasteiger partial charge is 0.330 e. The maximum atomic E-state index is 12.1. The first-order chi connectivity index (χ1) is 13.9. The van der Waals surface area contributed by atoms with E-state index in [2.05, 4.69) is 26.2 Å². The Morgan fingerprint density at radius 3 is 2.90 bits per heavy atom. The van der Waals surface area contributed by atoms with E-state index in [1.165, 1.54) is 16.8 Å². The van der Waals surface area contributed by atoms with E-state index in [9.17, 15) is 19.5 Å². The zero-order valence-corrected chi connectivity index (χ0v) is 17.4. The van der Waals surface area contributed by atoms with Gasteiger partial charge in [-0.15, -0.1) is 0 Å². The summed E-state index contributed by atoms with van der Waals surface area (Å²) < 4.78 is 7.91. The van der Waals surface area contributed by atoms with Gasteiger partial charge in [0.1, 0.15) is 12.3 Å². The Bertz CT molecular complexity index is 1030. The number of nitrogens with zero attached hydrogens (tertiary/aromatic N) is 1. The number of carbonyl (C=O) groups is 1. The van der Waals surface area contributed by atoms with Gasteiger partial charge in [0.15, 0.2) is 0 Å². The minimum atomic E-state index is -0.851. The Labute approximate surface area is 175 Å². The molecule has 3 atom stereocenters. The van der Waals surface area contributed by atoms with Gasteiger partial charge in [-0.25, -0.2) is 4.79 Å². The largest absolute Gasteiger partial charge is 0.390 e. The van der Waals surface area contributed by atoms with E-state index in [-0.39, 0.29) is 18.9 Å². The average molecular weight is 464 g/mol. The SMILES string of the molecule is CCc1cn([C@@H]2CC(O)[C@H](CNC(=O)/C=C/c3ccccc3Br)O2)c(=O)[nH]c1=O. The quantitative estimate of drug-likeness (QED) is 0.559. The van der Waals surface area contributed by atoms with Gasteiger partial charge in [0.25, 0.3) is 5.56 Å². The van der Waals surface area contributed by atoms with Crippen LogP contribution in [0.2, 0.25) is 0 Å². The molecule has 154 valence electrons. The molecule has 1 unspecified atom stereocenters. The number of aromatic amines is 1. The average Bonchev–Trinajstić information content (AvgIpc) is 3.06. The van der Waals surface area contributed by atoms with Crippen molar-refractivity contribution in [3.63, 3.8) is 0 Å². The lowest BCUT2D eigenvalue weighted by Gasteiger charge is -2.16. The molecular formula is C20H22BrN3O5. The number of halogens is 1. The fourth-order valence-electron chi connectivity index (χ4n) is 3.10. The second-order valence-electron chi connectivity index (χ2n) is 6.71. The van der Waals surface area contributed by atoms with Gasteiger partial charge >= 0.3 is 5.69 Å². The summed E-state index contributed by atoms with van der Waals surface area (Å²) in [5, 5.41) is 13.0. The summed E-state index contributed by atoms with van der Waals surface area (Å²) in [6.07, 6.45) is 2.97. The second-order valence-corrected chi connectivity index (χ2v) is 7.56. The number of hydrogen-bond acceptors (Lipinski definition) is 5. The number of H-pyrrole nitrogens is 1. The summed E-state index contributed by atoms with van der Waals surface area (Å²) in [5.74, 6) is -0.325. The summed E-state index contributed by atoms with van der Waals surface area (Å²) in [7, 11) is 0. The fourth-order valence-corrected chi connectivity index (χ4v) is 3.52. The summed E-state index contributed by atoms with van der Waals surface area (Å²) in [6.45, 7) is 1.90. The van der Waals surface area contributed by atoms with Crippen LogP contribution in [0.15, 0.2) is 50.6 Å². The number of aryl methyl sites for hydroxylation is 1. The van der Waals surface area contributed by atoms with Crippen molar-refractivity contribution in [3.05, 3.63) is 73.0 Å². The number of aliphatic hydroxyl groups excluding tert-OH is 1. The van der Waals surface area contributed by atoms with Crippen LogP contribution in [0, 0.1) is 0 Å². The number of carbonyl (C=O) groups excluding carboxylic acids is 1. The lowest BCUT2D eigenvalue weighted by atomic mass is 10.1. The zero-order chi connectivity index (χ0) is 21.0. The van der Waals surface area contributed by atoms with Gasteiger partial charge in [-0.2, -0.15) is 0 Å².